The van der Waals surface area contributed by atoms with E-state index in [-0.39, 0.29) is 14.9 Å². The zero-order chi connectivity index (χ0) is 29.6. The second kappa shape index (κ2) is 15.3. The number of nitrogens with zero attached hydrogens (tertiary/aromatic N) is 12. The largest absolute Gasteiger partial charge is 0.403 e. The van der Waals surface area contributed by atoms with Gasteiger partial charge < -0.3 is 24.7 Å². The van der Waals surface area contributed by atoms with Gasteiger partial charge in [0, 0.05) is 47.8 Å². The monoisotopic (exact) mass is 600 g/mol. The lowest BCUT2D eigenvalue weighted by Gasteiger charge is -2.38. The van der Waals surface area contributed by atoms with Crippen molar-refractivity contribution in [2.24, 2.45) is 20.5 Å². The maximum Gasteiger partial charge on any atom is 0.403 e. The van der Waals surface area contributed by atoms with Gasteiger partial charge in [0.2, 0.25) is 12.7 Å². The minimum atomic E-state index is 0. The van der Waals surface area contributed by atoms with Crippen LogP contribution >= 0.6 is 0 Å². The fraction of sp³-hybridized carbons (Fsp3) is 0.438. The van der Waals surface area contributed by atoms with E-state index in [0.717, 1.165) is 75.6 Å². The van der Waals surface area contributed by atoms with Gasteiger partial charge >= 0.3 is 11.9 Å². The molecule has 0 unspecified atom stereocenters. The van der Waals surface area contributed by atoms with Crippen LogP contribution in [0.2, 0.25) is 0 Å². The molecular weight excluding hydrogens is 552 g/mol. The summed E-state index contributed by atoms with van der Waals surface area (Å²) in [6.07, 6.45) is 3.61. The third kappa shape index (κ3) is 7.17. The first-order chi connectivity index (χ1) is 20.4. The SMILES string of the molecule is CCn1nc[n+](CC)c1N=Nc1ccc(N2CCN(c3ccc(N=Nc4n(CC)nc[n+]4CC)cc3C)CC2)c(C)c1.[CH3-].[CH3-]. The summed E-state index contributed by atoms with van der Waals surface area (Å²) in [5.41, 5.74) is 6.59. The molecule has 5 rings (SSSR count). The van der Waals surface area contributed by atoms with E-state index in [1.54, 1.807) is 12.7 Å². The quantitative estimate of drug-likeness (QED) is 0.119. The molecule has 0 radical (unpaired) electrons. The average molecular weight is 601 g/mol. The Bertz CT molecular complexity index is 1410. The molecule has 1 aliphatic heterocycles. The van der Waals surface area contributed by atoms with E-state index in [0.29, 0.717) is 0 Å². The van der Waals surface area contributed by atoms with E-state index in [1.807, 2.05) is 30.6 Å². The second-order valence-corrected chi connectivity index (χ2v) is 10.4. The van der Waals surface area contributed by atoms with Gasteiger partial charge in [0.25, 0.3) is 0 Å². The predicted octanol–water partition coefficient (Wildman–Crippen LogP) is 6.41. The lowest BCUT2D eigenvalue weighted by molar-refractivity contribution is -0.681. The van der Waals surface area contributed by atoms with Gasteiger partial charge in [-0.3, -0.25) is 0 Å². The first-order valence-corrected chi connectivity index (χ1v) is 14.9. The number of anilines is 2. The molecule has 0 N–H and O–H groups in total. The summed E-state index contributed by atoms with van der Waals surface area (Å²) in [6, 6.07) is 12.7. The number of benzene rings is 2. The molecule has 12 heteroatoms. The third-order valence-electron chi connectivity index (χ3n) is 7.75. The molecular formula is C32H48N12. The molecule has 12 nitrogen and oxygen atoms in total. The van der Waals surface area contributed by atoms with Crippen molar-refractivity contribution < 1.29 is 9.13 Å². The molecule has 3 heterocycles. The van der Waals surface area contributed by atoms with Gasteiger partial charge in [-0.25, -0.2) is 9.13 Å². The van der Waals surface area contributed by atoms with E-state index in [9.17, 15) is 0 Å². The Hall–Kier alpha value is -4.48. The molecule has 0 aliphatic carbocycles. The summed E-state index contributed by atoms with van der Waals surface area (Å²) in [4.78, 5) is 4.92. The summed E-state index contributed by atoms with van der Waals surface area (Å²) >= 11 is 0. The Morgan fingerprint density at radius 1 is 0.614 bits per heavy atom. The zero-order valence-corrected chi connectivity index (χ0v) is 27.6. The van der Waals surface area contributed by atoms with Gasteiger partial charge in [0.05, 0.1) is 37.6 Å². The highest BCUT2D eigenvalue weighted by Crippen LogP contribution is 2.30. The van der Waals surface area contributed by atoms with Crippen LogP contribution < -0.4 is 18.9 Å². The zero-order valence-electron chi connectivity index (χ0n) is 27.6. The third-order valence-corrected chi connectivity index (χ3v) is 7.75. The molecule has 2 aromatic carbocycles. The lowest BCUT2D eigenvalue weighted by Crippen LogP contribution is -2.47. The maximum absolute atomic E-state index is 4.52. The highest BCUT2D eigenvalue weighted by molar-refractivity contribution is 5.62. The highest BCUT2D eigenvalue weighted by atomic mass is 15.4. The number of aromatic nitrogens is 6. The van der Waals surface area contributed by atoms with E-state index in [1.165, 1.54) is 22.5 Å². The normalized spacial score (nSPS) is 13.5. The fourth-order valence-corrected chi connectivity index (χ4v) is 5.37. The van der Waals surface area contributed by atoms with E-state index in [4.69, 9.17) is 0 Å². The maximum atomic E-state index is 4.52. The molecule has 2 aromatic heterocycles. The molecule has 4 aromatic rings. The van der Waals surface area contributed by atoms with Crippen molar-refractivity contribution in [3.05, 3.63) is 75.0 Å². The first-order valence-electron chi connectivity index (χ1n) is 14.9. The van der Waals surface area contributed by atoms with Crippen LogP contribution in [0.1, 0.15) is 38.8 Å². The number of aryl methyl sites for hydroxylation is 6. The van der Waals surface area contributed by atoms with E-state index < -0.39 is 0 Å². The standard InChI is InChI=1S/C30H42N12.2CH3/c1-7-37-21-31-41(9-3)29(37)35-33-25-11-13-27(23(5)19-25)39-15-17-40(18-16-39)28-14-12-26(20-24(28)6)34-36-30-38(8-2)22-32-42(30)10-4;;/h11-14,19-22H,7-10,15-18H2,1-6H3;2*1H3/q+2;2*-1. The van der Waals surface area contributed by atoms with Crippen molar-refractivity contribution >= 4 is 34.6 Å². The summed E-state index contributed by atoms with van der Waals surface area (Å²) in [6.45, 7) is 19.5. The van der Waals surface area contributed by atoms with Crippen molar-refractivity contribution in [1.29, 1.82) is 0 Å². The second-order valence-electron chi connectivity index (χ2n) is 10.4. The molecule has 44 heavy (non-hydrogen) atoms. The fourth-order valence-electron chi connectivity index (χ4n) is 5.37. The number of piperazine rings is 1. The molecule has 1 saturated heterocycles. The smallest absolute Gasteiger partial charge is 0.368 e. The molecule has 0 bridgehead atoms. The number of rotatable bonds is 10. The molecule has 0 spiro atoms. The van der Waals surface area contributed by atoms with Gasteiger partial charge in [-0.2, -0.15) is 0 Å². The molecule has 236 valence electrons. The summed E-state index contributed by atoms with van der Waals surface area (Å²) in [5.74, 6) is 1.52. The van der Waals surface area contributed by atoms with Crippen LogP contribution in [-0.4, -0.2) is 45.7 Å². The number of azo groups is 2. The van der Waals surface area contributed by atoms with Crippen LogP contribution in [0.4, 0.5) is 34.6 Å². The van der Waals surface area contributed by atoms with Crippen molar-refractivity contribution in [3.63, 3.8) is 0 Å². The predicted molar refractivity (Wildman–Crippen MR) is 176 cm³/mol. The van der Waals surface area contributed by atoms with Crippen molar-refractivity contribution in [2.75, 3.05) is 36.0 Å². The first kappa shape index (κ1) is 34.0. The number of hydrogen-bond acceptors (Lipinski definition) is 8. The molecule has 1 aliphatic rings. The molecule has 0 amide bonds. The Labute approximate surface area is 262 Å². The minimum Gasteiger partial charge on any atom is -0.368 e. The average Bonchev–Trinajstić information content (AvgIpc) is 3.61. The Balaban J connectivity index is 0.00000264. The van der Waals surface area contributed by atoms with Gasteiger partial charge in [0.1, 0.15) is 0 Å². The summed E-state index contributed by atoms with van der Waals surface area (Å²) in [7, 11) is 0. The van der Waals surface area contributed by atoms with Crippen LogP contribution in [0.3, 0.4) is 0 Å². The van der Waals surface area contributed by atoms with Gasteiger partial charge in [-0.05, 0) is 99.3 Å². The van der Waals surface area contributed by atoms with Crippen molar-refractivity contribution in [2.45, 2.75) is 67.7 Å². The van der Waals surface area contributed by atoms with Crippen LogP contribution in [0.15, 0.2) is 69.5 Å². The van der Waals surface area contributed by atoms with Crippen LogP contribution in [0, 0.1) is 28.7 Å². The molecule has 0 atom stereocenters. The molecule has 0 saturated carbocycles. The topological polar surface area (TPSA) is 99.3 Å². The molecule has 1 fully saturated rings. The highest BCUT2D eigenvalue weighted by Gasteiger charge is 2.21. The van der Waals surface area contributed by atoms with E-state index >= 15 is 0 Å². The Kier molecular flexibility index (Phi) is 11.8. The Morgan fingerprint density at radius 2 is 1.00 bits per heavy atom. The van der Waals surface area contributed by atoms with Gasteiger partial charge in [0.15, 0.2) is 0 Å². The minimum absolute atomic E-state index is 0. The summed E-state index contributed by atoms with van der Waals surface area (Å²) in [5, 5.41) is 26.8. The van der Waals surface area contributed by atoms with E-state index in [2.05, 4.69) is 106 Å². The lowest BCUT2D eigenvalue weighted by atomic mass is 10.1. The van der Waals surface area contributed by atoms with Crippen LogP contribution in [0.25, 0.3) is 0 Å². The Morgan fingerprint density at radius 3 is 1.32 bits per heavy atom. The van der Waals surface area contributed by atoms with Crippen molar-refractivity contribution in [3.8, 4) is 0 Å². The van der Waals surface area contributed by atoms with Gasteiger partial charge in [-0.15, -0.1) is 9.36 Å². The van der Waals surface area contributed by atoms with Crippen molar-refractivity contribution in [1.82, 2.24) is 19.6 Å². The summed E-state index contributed by atoms with van der Waals surface area (Å²) < 4.78 is 7.71. The van der Waals surface area contributed by atoms with Crippen LogP contribution in [0.5, 0.6) is 0 Å². The number of hydrogen-bond donors (Lipinski definition) is 0. The van der Waals surface area contributed by atoms with Gasteiger partial charge in [-0.1, -0.05) is 10.2 Å². The van der Waals surface area contributed by atoms with Crippen LogP contribution in [-0.2, 0) is 26.2 Å².